The van der Waals surface area contributed by atoms with E-state index in [0.29, 0.717) is 10.6 Å². The van der Waals surface area contributed by atoms with Gasteiger partial charge in [-0.2, -0.15) is 13.2 Å². The highest BCUT2D eigenvalue weighted by Gasteiger charge is 2.43. The third-order valence-corrected chi connectivity index (χ3v) is 6.41. The Bertz CT molecular complexity index is 1040. The average Bonchev–Trinajstić information content (AvgIpc) is 2.78. The lowest BCUT2D eigenvalue weighted by molar-refractivity contribution is -0.161. The van der Waals surface area contributed by atoms with Crippen LogP contribution in [0.3, 0.4) is 0 Å². The summed E-state index contributed by atoms with van der Waals surface area (Å²) in [6.45, 7) is -0.616. The fourth-order valence-corrected chi connectivity index (χ4v) is 4.00. The van der Waals surface area contributed by atoms with Gasteiger partial charge in [-0.3, -0.25) is 9.69 Å². The highest BCUT2D eigenvalue weighted by molar-refractivity contribution is 6.42. The van der Waals surface area contributed by atoms with E-state index < -0.39 is 30.1 Å². The number of nitrogens with zero attached hydrogens (tertiary/aromatic N) is 2. The molecular formula is C23H24Cl3F3N2O4. The Morgan fingerprint density at radius 2 is 1.63 bits per heavy atom. The van der Waals surface area contributed by atoms with Crippen LogP contribution in [0.1, 0.15) is 24.8 Å². The maximum atomic E-state index is 13.2. The number of carbonyl (C=O) groups excluding carboxylic acids is 2. The fraction of sp³-hybridized carbons (Fsp3) is 0.391. The molecule has 0 aliphatic carbocycles. The van der Waals surface area contributed by atoms with Crippen molar-refractivity contribution in [3.8, 4) is 5.75 Å². The van der Waals surface area contributed by atoms with Gasteiger partial charge in [0.25, 0.3) is 0 Å². The van der Waals surface area contributed by atoms with E-state index in [4.69, 9.17) is 39.5 Å². The van der Waals surface area contributed by atoms with Gasteiger partial charge in [0.1, 0.15) is 12.2 Å². The smallest absolute Gasteiger partial charge is 0.410 e. The first-order valence-corrected chi connectivity index (χ1v) is 11.5. The van der Waals surface area contributed by atoms with Gasteiger partial charge < -0.3 is 14.7 Å². The maximum absolute atomic E-state index is 13.2. The lowest BCUT2D eigenvalue weighted by Crippen LogP contribution is -2.55. The van der Waals surface area contributed by atoms with Gasteiger partial charge in [-0.1, -0.05) is 40.9 Å². The summed E-state index contributed by atoms with van der Waals surface area (Å²) in [5, 5.41) is 10.3. The highest BCUT2D eigenvalue weighted by atomic mass is 35.5. The zero-order chi connectivity index (χ0) is 26.4. The molecule has 12 heteroatoms. The summed E-state index contributed by atoms with van der Waals surface area (Å²) in [4.78, 5) is 27.6. The van der Waals surface area contributed by atoms with Gasteiger partial charge in [-0.15, -0.1) is 0 Å². The van der Waals surface area contributed by atoms with Crippen LogP contribution in [0.4, 0.5) is 18.0 Å². The fourth-order valence-electron chi connectivity index (χ4n) is 3.57. The number of likely N-dealkylation sites (N-methyl/N-ethyl adjacent to an activating group) is 2. The van der Waals surface area contributed by atoms with Gasteiger partial charge in [0.2, 0.25) is 5.91 Å². The van der Waals surface area contributed by atoms with E-state index in [1.165, 1.54) is 55.4 Å². The first-order valence-electron chi connectivity index (χ1n) is 10.4. The average molecular weight is 556 g/mol. The first kappa shape index (κ1) is 29.0. The number of ether oxygens (including phenoxy) is 1. The Labute approximate surface area is 216 Å². The number of hydrogen-bond donors (Lipinski definition) is 1. The van der Waals surface area contributed by atoms with Crippen LogP contribution in [0, 0.1) is 0 Å². The van der Waals surface area contributed by atoms with Crippen molar-refractivity contribution in [2.45, 2.75) is 31.0 Å². The second kappa shape index (κ2) is 12.2. The molecule has 192 valence electrons. The molecule has 0 bridgehead atoms. The van der Waals surface area contributed by atoms with E-state index in [2.05, 4.69) is 0 Å². The van der Waals surface area contributed by atoms with E-state index in [0.717, 1.165) is 4.90 Å². The molecule has 0 aromatic heterocycles. The van der Waals surface area contributed by atoms with Crippen LogP contribution in [0.5, 0.6) is 5.75 Å². The van der Waals surface area contributed by atoms with E-state index in [1.54, 1.807) is 6.07 Å². The highest BCUT2D eigenvalue weighted by Crippen LogP contribution is 2.38. The molecule has 0 saturated carbocycles. The van der Waals surface area contributed by atoms with Gasteiger partial charge in [0.05, 0.1) is 15.6 Å². The van der Waals surface area contributed by atoms with Crippen molar-refractivity contribution < 1.29 is 32.6 Å². The molecule has 6 nitrogen and oxygen atoms in total. The second-order valence-electron chi connectivity index (χ2n) is 7.91. The number of benzene rings is 2. The number of hydrogen-bond acceptors (Lipinski definition) is 4. The SMILES string of the molecule is CN(C[C@](CCCO)(c1ccc(Cl)c(Cl)c1)N(C)C(=O)Oc1ccc(Cl)cc1)C(=O)CC(F)(F)F. The number of alkyl halides is 3. The summed E-state index contributed by atoms with van der Waals surface area (Å²) in [7, 11) is 2.60. The number of carbonyl (C=O) groups is 2. The number of aliphatic hydroxyl groups excluding tert-OH is 1. The van der Waals surface area contributed by atoms with Crippen LogP contribution >= 0.6 is 34.8 Å². The minimum absolute atomic E-state index is 0.0668. The number of amides is 2. The topological polar surface area (TPSA) is 70.1 Å². The van der Waals surface area contributed by atoms with Crippen molar-refractivity contribution in [3.05, 3.63) is 63.1 Å². The minimum atomic E-state index is -4.71. The van der Waals surface area contributed by atoms with Crippen molar-refractivity contribution in [2.75, 3.05) is 27.2 Å². The van der Waals surface area contributed by atoms with Crippen molar-refractivity contribution in [2.24, 2.45) is 0 Å². The summed E-state index contributed by atoms with van der Waals surface area (Å²) in [6.07, 6.45) is -7.01. The molecule has 2 rings (SSSR count). The zero-order valence-corrected chi connectivity index (χ0v) is 21.2. The van der Waals surface area contributed by atoms with Crippen LogP contribution in [-0.2, 0) is 10.3 Å². The summed E-state index contributed by atoms with van der Waals surface area (Å²) in [5.74, 6) is -1.01. The van der Waals surface area contributed by atoms with Crippen LogP contribution in [-0.4, -0.2) is 60.3 Å². The Morgan fingerprint density at radius 1 is 1.00 bits per heavy atom. The van der Waals surface area contributed by atoms with Gasteiger partial charge in [-0.05, 0) is 54.8 Å². The molecule has 0 aliphatic heterocycles. The van der Waals surface area contributed by atoms with Crippen molar-refractivity contribution in [1.82, 2.24) is 9.80 Å². The van der Waals surface area contributed by atoms with Crippen molar-refractivity contribution in [1.29, 1.82) is 0 Å². The Balaban J connectivity index is 2.53. The summed E-state index contributed by atoms with van der Waals surface area (Å²) in [6, 6.07) is 10.5. The normalized spacial score (nSPS) is 13.2. The van der Waals surface area contributed by atoms with Crippen LogP contribution < -0.4 is 4.74 Å². The third kappa shape index (κ3) is 7.90. The molecule has 0 saturated heterocycles. The van der Waals surface area contributed by atoms with Crippen molar-refractivity contribution in [3.63, 3.8) is 0 Å². The Morgan fingerprint density at radius 3 is 2.17 bits per heavy atom. The van der Waals surface area contributed by atoms with Gasteiger partial charge >= 0.3 is 12.3 Å². The monoisotopic (exact) mass is 554 g/mol. The first-order chi connectivity index (χ1) is 16.3. The Hall–Kier alpha value is -2.20. The molecule has 1 atom stereocenters. The molecule has 0 unspecified atom stereocenters. The second-order valence-corrected chi connectivity index (χ2v) is 9.16. The predicted molar refractivity (Wildman–Crippen MR) is 128 cm³/mol. The van der Waals surface area contributed by atoms with Crippen LogP contribution in [0.25, 0.3) is 0 Å². The number of halogens is 6. The molecule has 2 aromatic rings. The minimum Gasteiger partial charge on any atom is -0.410 e. The number of rotatable bonds is 9. The van der Waals surface area contributed by atoms with E-state index in [9.17, 15) is 27.9 Å². The Kier molecular flexibility index (Phi) is 10.1. The van der Waals surface area contributed by atoms with Gasteiger partial charge in [0.15, 0.2) is 0 Å². The molecule has 2 aromatic carbocycles. The number of aliphatic hydroxyl groups is 1. The molecule has 0 aliphatic rings. The molecule has 0 radical (unpaired) electrons. The van der Waals surface area contributed by atoms with Crippen molar-refractivity contribution >= 4 is 46.8 Å². The van der Waals surface area contributed by atoms with Crippen LogP contribution in [0.15, 0.2) is 42.5 Å². The molecule has 0 fully saturated rings. The van der Waals surface area contributed by atoms with E-state index >= 15 is 0 Å². The molecule has 0 spiro atoms. The summed E-state index contributed by atoms with van der Waals surface area (Å²) in [5.41, 5.74) is -1.03. The summed E-state index contributed by atoms with van der Waals surface area (Å²) < 4.78 is 44.1. The van der Waals surface area contributed by atoms with E-state index in [-0.39, 0.29) is 41.8 Å². The zero-order valence-electron chi connectivity index (χ0n) is 18.9. The standard InChI is InChI=1S/C23H24Cl3F3N2O4/c1-30(20(33)13-23(27,28)29)14-22(10-3-11-32,15-4-9-18(25)19(26)12-15)31(2)21(34)35-17-7-5-16(24)6-8-17/h4-9,12,32H,3,10-11,13-14H2,1-2H3/t22-/m1/s1. The van der Waals surface area contributed by atoms with Crippen LogP contribution in [0.2, 0.25) is 15.1 Å². The molecule has 1 N–H and O–H groups in total. The van der Waals surface area contributed by atoms with E-state index in [1.807, 2.05) is 0 Å². The maximum Gasteiger partial charge on any atom is 0.415 e. The lowest BCUT2D eigenvalue weighted by Gasteiger charge is -2.44. The lowest BCUT2D eigenvalue weighted by atomic mass is 9.83. The molecule has 2 amide bonds. The summed E-state index contributed by atoms with van der Waals surface area (Å²) >= 11 is 18.1. The third-order valence-electron chi connectivity index (χ3n) is 5.42. The molecule has 35 heavy (non-hydrogen) atoms. The van der Waals surface area contributed by atoms with Gasteiger partial charge in [0, 0.05) is 32.3 Å². The van der Waals surface area contributed by atoms with Gasteiger partial charge in [-0.25, -0.2) is 4.79 Å². The molecule has 0 heterocycles. The predicted octanol–water partition coefficient (Wildman–Crippen LogP) is 6.16. The quantitative estimate of drug-likeness (QED) is 0.403. The molecular weight excluding hydrogens is 532 g/mol. The largest absolute Gasteiger partial charge is 0.415 e.